The number of amides is 1. The van der Waals surface area contributed by atoms with E-state index in [0.717, 1.165) is 55.0 Å². The molecule has 0 N–H and O–H groups in total. The number of hydrogen-bond donors (Lipinski definition) is 0. The Morgan fingerprint density at radius 3 is 2.93 bits per heavy atom. The van der Waals surface area contributed by atoms with E-state index in [-0.39, 0.29) is 11.7 Å². The Bertz CT molecular complexity index is 775. The Morgan fingerprint density at radius 1 is 1.37 bits per heavy atom. The van der Waals surface area contributed by atoms with Gasteiger partial charge >= 0.3 is 0 Å². The van der Waals surface area contributed by atoms with Crippen molar-refractivity contribution < 1.29 is 9.59 Å². The van der Waals surface area contributed by atoms with Crippen molar-refractivity contribution in [3.8, 4) is 0 Å². The highest BCUT2D eigenvalue weighted by Gasteiger charge is 2.26. The molecule has 0 aromatic carbocycles. The average molecular weight is 386 g/mol. The minimum Gasteiger partial charge on any atom is -0.341 e. The van der Waals surface area contributed by atoms with Gasteiger partial charge in [0.15, 0.2) is 5.78 Å². The number of ketones is 1. The maximum absolute atomic E-state index is 12.7. The molecule has 3 rings (SSSR count). The van der Waals surface area contributed by atoms with Gasteiger partial charge in [-0.2, -0.15) is 0 Å². The van der Waals surface area contributed by atoms with Crippen LogP contribution in [-0.2, 0) is 17.6 Å². The van der Waals surface area contributed by atoms with Crippen molar-refractivity contribution in [2.45, 2.75) is 38.6 Å². The van der Waals surface area contributed by atoms with E-state index in [2.05, 4.69) is 23.0 Å². The molecule has 1 atom stereocenters. The number of Topliss-reactive ketones (excluding diaryl/α,β-unsaturated/α-hetero) is 1. The van der Waals surface area contributed by atoms with Gasteiger partial charge in [-0.25, -0.2) is 0 Å². The number of piperidine rings is 1. The summed E-state index contributed by atoms with van der Waals surface area (Å²) in [6.45, 7) is 4.11. The highest BCUT2D eigenvalue weighted by Crippen LogP contribution is 2.19. The van der Waals surface area contributed by atoms with Gasteiger partial charge in [-0.15, -0.1) is 11.3 Å². The lowest BCUT2D eigenvalue weighted by Gasteiger charge is -2.37. The molecule has 0 aliphatic carbocycles. The van der Waals surface area contributed by atoms with E-state index in [1.165, 1.54) is 11.3 Å². The number of nitrogens with zero attached hydrogens (tertiary/aromatic N) is 3. The second-order valence-corrected chi connectivity index (χ2v) is 8.15. The quantitative estimate of drug-likeness (QED) is 0.688. The first kappa shape index (κ1) is 19.7. The van der Waals surface area contributed by atoms with Crippen LogP contribution in [0.5, 0.6) is 0 Å². The van der Waals surface area contributed by atoms with E-state index >= 15 is 0 Å². The molecule has 1 unspecified atom stereocenters. The number of pyridine rings is 1. The fraction of sp³-hybridized carbons (Fsp3) is 0.476. The molecule has 6 heteroatoms. The number of hydrogen-bond acceptors (Lipinski definition) is 5. The maximum Gasteiger partial charge on any atom is 0.227 e. The van der Waals surface area contributed by atoms with Crippen LogP contribution in [0.1, 0.15) is 40.7 Å². The highest BCUT2D eigenvalue weighted by molar-refractivity contribution is 7.12. The fourth-order valence-corrected chi connectivity index (χ4v) is 4.31. The summed E-state index contributed by atoms with van der Waals surface area (Å²) in [4.78, 5) is 33.6. The van der Waals surface area contributed by atoms with Gasteiger partial charge in [0, 0.05) is 44.0 Å². The first-order valence-electron chi connectivity index (χ1n) is 9.49. The van der Waals surface area contributed by atoms with Crippen molar-refractivity contribution in [1.29, 1.82) is 0 Å². The van der Waals surface area contributed by atoms with Crippen molar-refractivity contribution in [3.63, 3.8) is 0 Å². The number of likely N-dealkylation sites (N-methyl/N-ethyl adjacent to an activating group) is 1. The molecule has 2 aromatic heterocycles. The van der Waals surface area contributed by atoms with E-state index in [9.17, 15) is 9.59 Å². The highest BCUT2D eigenvalue weighted by atomic mass is 32.1. The SMILES string of the molecule is CC(=O)c1cc(CC(=O)N2CCCC(N(C)CCc3ccccn3)C2)cs1. The zero-order chi connectivity index (χ0) is 19.2. The van der Waals surface area contributed by atoms with Crippen molar-refractivity contribution in [1.82, 2.24) is 14.8 Å². The Morgan fingerprint density at radius 2 is 2.22 bits per heavy atom. The lowest BCUT2D eigenvalue weighted by atomic mass is 10.0. The van der Waals surface area contributed by atoms with Gasteiger partial charge in [-0.05, 0) is 56.0 Å². The molecule has 0 radical (unpaired) electrons. The van der Waals surface area contributed by atoms with Gasteiger partial charge in [-0.1, -0.05) is 6.07 Å². The normalized spacial score (nSPS) is 17.3. The predicted octanol–water partition coefficient (Wildman–Crippen LogP) is 3.05. The Balaban J connectivity index is 1.51. The van der Waals surface area contributed by atoms with Crippen LogP contribution in [0.15, 0.2) is 35.8 Å². The number of carbonyl (C=O) groups is 2. The fourth-order valence-electron chi connectivity index (χ4n) is 3.50. The van der Waals surface area contributed by atoms with Crippen LogP contribution in [0.4, 0.5) is 0 Å². The van der Waals surface area contributed by atoms with Crippen LogP contribution in [0.3, 0.4) is 0 Å². The summed E-state index contributed by atoms with van der Waals surface area (Å²) in [5, 5.41) is 1.93. The van der Waals surface area contributed by atoms with Gasteiger partial charge in [0.2, 0.25) is 5.91 Å². The Kier molecular flexibility index (Phi) is 6.74. The van der Waals surface area contributed by atoms with Crippen LogP contribution in [0.25, 0.3) is 0 Å². The van der Waals surface area contributed by atoms with E-state index in [1.807, 2.05) is 34.7 Å². The third-order valence-corrected chi connectivity index (χ3v) is 6.26. The third-order valence-electron chi connectivity index (χ3n) is 5.18. The molecule has 1 aliphatic rings. The van der Waals surface area contributed by atoms with Gasteiger partial charge in [0.05, 0.1) is 11.3 Å². The first-order chi connectivity index (χ1) is 13.0. The van der Waals surface area contributed by atoms with E-state index < -0.39 is 0 Å². The molecule has 3 heterocycles. The largest absolute Gasteiger partial charge is 0.341 e. The lowest BCUT2D eigenvalue weighted by Crippen LogP contribution is -2.49. The van der Waals surface area contributed by atoms with Gasteiger partial charge in [0.25, 0.3) is 0 Å². The Hall–Kier alpha value is -2.05. The molecule has 27 heavy (non-hydrogen) atoms. The summed E-state index contributed by atoms with van der Waals surface area (Å²) in [7, 11) is 2.14. The summed E-state index contributed by atoms with van der Waals surface area (Å²) >= 11 is 1.42. The Labute approximate surface area is 165 Å². The molecule has 1 aliphatic heterocycles. The second-order valence-electron chi connectivity index (χ2n) is 7.24. The zero-order valence-electron chi connectivity index (χ0n) is 16.1. The van der Waals surface area contributed by atoms with Crippen molar-refractivity contribution in [2.75, 3.05) is 26.7 Å². The predicted molar refractivity (Wildman–Crippen MR) is 108 cm³/mol. The summed E-state index contributed by atoms with van der Waals surface area (Å²) in [6, 6.07) is 8.25. The number of likely N-dealkylation sites (tertiary alicyclic amines) is 1. The van der Waals surface area contributed by atoms with Gasteiger partial charge in [0.1, 0.15) is 0 Å². The standard InChI is InChI=1S/C21H27N3O2S/c1-16(25)20-12-17(15-27-20)13-21(26)24-10-5-7-19(14-24)23(2)11-8-18-6-3-4-9-22-18/h3-4,6,9,12,15,19H,5,7-8,10-11,13-14H2,1-2H3. The molecular formula is C21H27N3O2S. The monoisotopic (exact) mass is 385 g/mol. The first-order valence-corrected chi connectivity index (χ1v) is 10.4. The molecule has 0 saturated carbocycles. The number of aromatic nitrogens is 1. The molecular weight excluding hydrogens is 358 g/mol. The maximum atomic E-state index is 12.7. The summed E-state index contributed by atoms with van der Waals surface area (Å²) in [5.41, 5.74) is 2.05. The molecule has 0 spiro atoms. The molecule has 144 valence electrons. The number of carbonyl (C=O) groups excluding carboxylic acids is 2. The van der Waals surface area contributed by atoms with Crippen molar-refractivity contribution in [3.05, 3.63) is 52.0 Å². The number of rotatable bonds is 7. The van der Waals surface area contributed by atoms with Crippen LogP contribution >= 0.6 is 11.3 Å². The van der Waals surface area contributed by atoms with E-state index in [0.29, 0.717) is 12.5 Å². The minimum atomic E-state index is 0.0614. The molecule has 0 bridgehead atoms. The smallest absolute Gasteiger partial charge is 0.227 e. The molecule has 1 amide bonds. The van der Waals surface area contributed by atoms with Crippen molar-refractivity contribution in [2.24, 2.45) is 0 Å². The van der Waals surface area contributed by atoms with E-state index in [4.69, 9.17) is 0 Å². The van der Waals surface area contributed by atoms with Crippen LogP contribution in [-0.4, -0.2) is 59.2 Å². The number of thiophene rings is 1. The zero-order valence-corrected chi connectivity index (χ0v) is 16.9. The summed E-state index contributed by atoms with van der Waals surface area (Å²) < 4.78 is 0. The van der Waals surface area contributed by atoms with Gasteiger partial charge in [-0.3, -0.25) is 14.6 Å². The van der Waals surface area contributed by atoms with Crippen LogP contribution < -0.4 is 0 Å². The molecule has 1 saturated heterocycles. The van der Waals surface area contributed by atoms with E-state index in [1.54, 1.807) is 6.92 Å². The van der Waals surface area contributed by atoms with Gasteiger partial charge < -0.3 is 9.80 Å². The van der Waals surface area contributed by atoms with Crippen molar-refractivity contribution >= 4 is 23.0 Å². The molecule has 5 nitrogen and oxygen atoms in total. The summed E-state index contributed by atoms with van der Waals surface area (Å²) in [5.74, 6) is 0.219. The summed E-state index contributed by atoms with van der Waals surface area (Å²) in [6.07, 6.45) is 5.29. The van der Waals surface area contributed by atoms with Crippen LogP contribution in [0.2, 0.25) is 0 Å². The topological polar surface area (TPSA) is 53.5 Å². The average Bonchev–Trinajstić information content (AvgIpc) is 3.16. The molecule has 1 fully saturated rings. The lowest BCUT2D eigenvalue weighted by molar-refractivity contribution is -0.132. The second kappa shape index (κ2) is 9.24. The minimum absolute atomic E-state index is 0.0614. The third kappa shape index (κ3) is 5.47. The van der Waals surface area contributed by atoms with Crippen LogP contribution in [0, 0.1) is 0 Å². The molecule has 2 aromatic rings.